The monoisotopic (exact) mass is 773 g/mol. The van der Waals surface area contributed by atoms with Crippen molar-refractivity contribution >= 4 is 63.3 Å². The number of halogens is 2. The van der Waals surface area contributed by atoms with Crippen molar-refractivity contribution in [2.45, 2.75) is 40.3 Å². The zero-order valence-electron chi connectivity index (χ0n) is 25.3. The van der Waals surface area contributed by atoms with E-state index in [-0.39, 0.29) is 17.9 Å². The van der Waals surface area contributed by atoms with Gasteiger partial charge in [0.1, 0.15) is 6.61 Å². The minimum absolute atomic E-state index is 0.112. The van der Waals surface area contributed by atoms with Crippen molar-refractivity contribution in [2.24, 2.45) is 4.99 Å². The van der Waals surface area contributed by atoms with Gasteiger partial charge in [0.2, 0.25) is 0 Å². The van der Waals surface area contributed by atoms with Crippen molar-refractivity contribution in [3.63, 3.8) is 0 Å². The van der Waals surface area contributed by atoms with Gasteiger partial charge < -0.3 is 14.2 Å². The summed E-state index contributed by atoms with van der Waals surface area (Å²) >= 11 is 9.34. The predicted octanol–water partition coefficient (Wildman–Crippen LogP) is 6.25. The quantitative estimate of drug-likeness (QED) is 0.0809. The van der Waals surface area contributed by atoms with E-state index in [1.807, 2.05) is 25.1 Å². The van der Waals surface area contributed by atoms with Gasteiger partial charge in [0.15, 0.2) is 16.3 Å². The zero-order valence-corrected chi connectivity index (χ0v) is 29.1. The molecule has 10 nitrogen and oxygen atoms in total. The highest BCUT2D eigenvalue weighted by molar-refractivity contribution is 14.1. The Bertz CT molecular complexity index is 2050. The number of carbonyl (C=O) groups excluding carboxylic acids is 1. The summed E-state index contributed by atoms with van der Waals surface area (Å²) in [6.45, 7) is 7.67. The molecule has 0 fully saturated rings. The van der Waals surface area contributed by atoms with E-state index in [1.54, 1.807) is 57.2 Å². The Hall–Kier alpha value is -4.01. The van der Waals surface area contributed by atoms with Crippen molar-refractivity contribution in [1.82, 2.24) is 4.57 Å². The van der Waals surface area contributed by atoms with Crippen LogP contribution in [-0.4, -0.2) is 28.7 Å². The summed E-state index contributed by atoms with van der Waals surface area (Å²) in [5, 5.41) is 12.4. The number of nitro benzene ring substituents is 1. The Morgan fingerprint density at radius 3 is 2.52 bits per heavy atom. The first kappa shape index (κ1) is 33.4. The highest BCUT2D eigenvalue weighted by Gasteiger charge is 2.34. The highest BCUT2D eigenvalue weighted by atomic mass is 127. The van der Waals surface area contributed by atoms with Crippen LogP contribution in [0.3, 0.4) is 0 Å². The van der Waals surface area contributed by atoms with Crippen LogP contribution in [0.5, 0.6) is 11.5 Å². The fourth-order valence-corrected chi connectivity index (χ4v) is 7.02. The molecule has 13 heteroatoms. The van der Waals surface area contributed by atoms with Gasteiger partial charge in [-0.1, -0.05) is 47.2 Å². The summed E-state index contributed by atoms with van der Waals surface area (Å²) in [7, 11) is 0. The molecule has 46 heavy (non-hydrogen) atoms. The number of rotatable bonds is 10. The molecule has 0 bridgehead atoms. The Balaban J connectivity index is 1.61. The SMILES string of the molecule is CCOC(=O)C1=C(C)N=c2s/c(=C/c3cc(I)c(OCc4ccc(Cl)cc4)c(OCC)c3)c(=O)n2[C@H]1c1ccc(C)c([N+](=O)[O-])c1. The Labute approximate surface area is 286 Å². The molecule has 1 aromatic heterocycles. The summed E-state index contributed by atoms with van der Waals surface area (Å²) < 4.78 is 19.9. The van der Waals surface area contributed by atoms with Crippen LogP contribution in [0.25, 0.3) is 6.08 Å². The molecule has 0 spiro atoms. The maximum atomic E-state index is 14.1. The van der Waals surface area contributed by atoms with Crippen molar-refractivity contribution in [1.29, 1.82) is 0 Å². The summed E-state index contributed by atoms with van der Waals surface area (Å²) in [5.74, 6) is 0.454. The molecule has 238 valence electrons. The molecular formula is C33H29ClIN3O7S. The van der Waals surface area contributed by atoms with Gasteiger partial charge in [-0.3, -0.25) is 19.5 Å². The van der Waals surface area contributed by atoms with Crippen LogP contribution < -0.4 is 24.4 Å². The van der Waals surface area contributed by atoms with Gasteiger partial charge in [-0.15, -0.1) is 0 Å². The second-order valence-corrected chi connectivity index (χ2v) is 12.9. The summed E-state index contributed by atoms with van der Waals surface area (Å²) in [6.07, 6.45) is 1.73. The van der Waals surface area contributed by atoms with Gasteiger partial charge in [0.05, 0.1) is 43.6 Å². The molecule has 0 aliphatic carbocycles. The van der Waals surface area contributed by atoms with Crippen LogP contribution in [0, 0.1) is 20.6 Å². The lowest BCUT2D eigenvalue weighted by Crippen LogP contribution is -2.40. The second kappa shape index (κ2) is 14.2. The minimum atomic E-state index is -0.973. The first-order valence-corrected chi connectivity index (χ1v) is 16.6. The molecule has 3 aromatic carbocycles. The summed E-state index contributed by atoms with van der Waals surface area (Å²) in [6, 6.07) is 14.8. The number of nitrogens with zero attached hydrogens (tertiary/aromatic N) is 3. The van der Waals surface area contributed by atoms with E-state index in [0.717, 1.165) is 20.5 Å². The maximum Gasteiger partial charge on any atom is 0.338 e. The molecule has 0 unspecified atom stereocenters. The molecule has 0 radical (unpaired) electrons. The van der Waals surface area contributed by atoms with Gasteiger partial charge in [0.25, 0.3) is 11.2 Å². The standard InChI is InChI=1S/C33H29ClIN3O7S/c1-5-43-26-14-21(13-24(35)30(26)45-17-20-8-11-23(34)12-9-20)15-27-31(39)37-29(22-10-7-18(3)25(16-22)38(41)42)28(32(40)44-6-2)19(4)36-33(37)46-27/h7-16,29H,5-6,17H2,1-4H3/b27-15+/t29-/m0/s1. The van der Waals surface area contributed by atoms with E-state index in [9.17, 15) is 19.7 Å². The van der Waals surface area contributed by atoms with Gasteiger partial charge >= 0.3 is 5.97 Å². The Morgan fingerprint density at radius 1 is 1.11 bits per heavy atom. The van der Waals surface area contributed by atoms with E-state index in [4.69, 9.17) is 25.8 Å². The second-order valence-electron chi connectivity index (χ2n) is 10.3. The molecule has 0 saturated carbocycles. The van der Waals surface area contributed by atoms with Gasteiger partial charge in [0, 0.05) is 16.7 Å². The molecule has 0 amide bonds. The highest BCUT2D eigenvalue weighted by Crippen LogP contribution is 2.36. The molecule has 5 rings (SSSR count). The summed E-state index contributed by atoms with van der Waals surface area (Å²) in [4.78, 5) is 43.5. The number of nitro groups is 1. The van der Waals surface area contributed by atoms with E-state index >= 15 is 0 Å². The van der Waals surface area contributed by atoms with Crippen LogP contribution in [0.4, 0.5) is 5.69 Å². The number of benzene rings is 3. The average Bonchev–Trinajstić information content (AvgIpc) is 3.31. The van der Waals surface area contributed by atoms with E-state index in [2.05, 4.69) is 27.6 Å². The first-order valence-electron chi connectivity index (χ1n) is 14.3. The minimum Gasteiger partial charge on any atom is -0.490 e. The van der Waals surface area contributed by atoms with Crippen LogP contribution in [0.2, 0.25) is 5.02 Å². The molecule has 1 aliphatic heterocycles. The van der Waals surface area contributed by atoms with Crippen LogP contribution in [-0.2, 0) is 16.1 Å². The van der Waals surface area contributed by atoms with Crippen molar-refractivity contribution in [3.05, 3.63) is 127 Å². The lowest BCUT2D eigenvalue weighted by atomic mass is 9.94. The normalized spacial score (nSPS) is 14.5. The molecule has 4 aromatic rings. The zero-order chi connectivity index (χ0) is 33.1. The fourth-order valence-electron chi connectivity index (χ4n) is 5.06. The number of esters is 1. The molecular weight excluding hydrogens is 745 g/mol. The summed E-state index contributed by atoms with van der Waals surface area (Å²) in [5.41, 5.74) is 2.50. The van der Waals surface area contributed by atoms with Crippen molar-refractivity contribution < 1.29 is 23.9 Å². The van der Waals surface area contributed by atoms with Crippen molar-refractivity contribution in [2.75, 3.05) is 13.2 Å². The largest absolute Gasteiger partial charge is 0.490 e. The van der Waals surface area contributed by atoms with E-state index < -0.39 is 22.5 Å². The molecule has 2 heterocycles. The van der Waals surface area contributed by atoms with E-state index in [0.29, 0.717) is 61.5 Å². The molecule has 0 saturated heterocycles. The van der Waals surface area contributed by atoms with Gasteiger partial charge in [-0.2, -0.15) is 0 Å². The maximum absolute atomic E-state index is 14.1. The number of hydrogen-bond acceptors (Lipinski definition) is 9. The third-order valence-electron chi connectivity index (χ3n) is 7.19. The van der Waals surface area contributed by atoms with Crippen molar-refractivity contribution in [3.8, 4) is 11.5 Å². The van der Waals surface area contributed by atoms with Gasteiger partial charge in [-0.05, 0) is 97.3 Å². The number of aryl methyl sites for hydroxylation is 1. The lowest BCUT2D eigenvalue weighted by Gasteiger charge is -2.24. The third kappa shape index (κ3) is 6.88. The lowest BCUT2D eigenvalue weighted by molar-refractivity contribution is -0.385. The number of carbonyl (C=O) groups is 1. The topological polar surface area (TPSA) is 122 Å². The number of aromatic nitrogens is 1. The third-order valence-corrected chi connectivity index (χ3v) is 9.22. The van der Waals surface area contributed by atoms with Crippen LogP contribution in [0.15, 0.2) is 75.7 Å². The average molecular weight is 774 g/mol. The molecule has 1 aliphatic rings. The molecule has 1 atom stereocenters. The Morgan fingerprint density at radius 2 is 1.85 bits per heavy atom. The predicted molar refractivity (Wildman–Crippen MR) is 184 cm³/mol. The number of allylic oxidation sites excluding steroid dienone is 1. The Kier molecular flexibility index (Phi) is 10.3. The number of fused-ring (bicyclic) bond motifs is 1. The van der Waals surface area contributed by atoms with Crippen LogP contribution in [0.1, 0.15) is 49.1 Å². The van der Waals surface area contributed by atoms with E-state index in [1.165, 1.54) is 10.6 Å². The van der Waals surface area contributed by atoms with Gasteiger partial charge in [-0.25, -0.2) is 9.79 Å². The fraction of sp³-hybridized carbons (Fsp3) is 0.242. The number of hydrogen-bond donors (Lipinski definition) is 0. The smallest absolute Gasteiger partial charge is 0.338 e. The number of thiazole rings is 1. The first-order chi connectivity index (χ1) is 22.0. The number of ether oxygens (including phenoxy) is 3. The van der Waals surface area contributed by atoms with Crippen LogP contribution >= 0.6 is 45.5 Å². The molecule has 0 N–H and O–H groups in total.